The average molecular weight is 170 g/mol. The first-order valence-corrected chi connectivity index (χ1v) is 3.47. The SMILES string of the molecule is C=C1[C@H](C(=O)OC)[C@H]1C(=O)OC. The second-order valence-corrected chi connectivity index (χ2v) is 2.58. The first-order chi connectivity index (χ1) is 5.63. The minimum Gasteiger partial charge on any atom is -0.469 e. The van der Waals surface area contributed by atoms with Gasteiger partial charge in [-0.2, -0.15) is 0 Å². The van der Waals surface area contributed by atoms with Crippen molar-refractivity contribution < 1.29 is 19.1 Å². The largest absolute Gasteiger partial charge is 0.469 e. The van der Waals surface area contributed by atoms with Crippen LogP contribution in [0, 0.1) is 11.8 Å². The summed E-state index contributed by atoms with van der Waals surface area (Å²) in [5.41, 5.74) is 0.578. The first kappa shape index (κ1) is 8.77. The molecule has 0 aliphatic heterocycles. The zero-order valence-corrected chi connectivity index (χ0v) is 6.99. The monoisotopic (exact) mass is 170 g/mol. The lowest BCUT2D eigenvalue weighted by Gasteiger charge is -1.95. The molecule has 0 aromatic heterocycles. The molecule has 1 saturated carbocycles. The number of hydrogen-bond acceptors (Lipinski definition) is 4. The third kappa shape index (κ3) is 1.20. The van der Waals surface area contributed by atoms with Gasteiger partial charge in [-0.25, -0.2) is 0 Å². The maximum atomic E-state index is 10.9. The van der Waals surface area contributed by atoms with Crippen molar-refractivity contribution >= 4 is 11.9 Å². The summed E-state index contributed by atoms with van der Waals surface area (Å²) in [5.74, 6) is -1.81. The van der Waals surface area contributed by atoms with Crippen molar-refractivity contribution in [3.05, 3.63) is 12.2 Å². The Labute approximate surface area is 70.1 Å². The Morgan fingerprint density at radius 3 is 1.75 bits per heavy atom. The van der Waals surface area contributed by atoms with Crippen LogP contribution in [0.25, 0.3) is 0 Å². The van der Waals surface area contributed by atoms with Crippen LogP contribution in [0.1, 0.15) is 0 Å². The minimum atomic E-state index is -0.484. The minimum absolute atomic E-state index is 0.421. The van der Waals surface area contributed by atoms with Crippen LogP contribution in [0.3, 0.4) is 0 Å². The number of carbonyl (C=O) groups excluding carboxylic acids is 2. The molecule has 1 aliphatic carbocycles. The molecule has 0 radical (unpaired) electrons. The Kier molecular flexibility index (Phi) is 2.17. The van der Waals surface area contributed by atoms with Gasteiger partial charge in [-0.3, -0.25) is 9.59 Å². The molecule has 0 N–H and O–H groups in total. The molecule has 12 heavy (non-hydrogen) atoms. The summed E-state index contributed by atoms with van der Waals surface area (Å²) < 4.78 is 8.92. The van der Waals surface area contributed by atoms with E-state index in [9.17, 15) is 9.59 Å². The Morgan fingerprint density at radius 1 is 1.17 bits per heavy atom. The first-order valence-electron chi connectivity index (χ1n) is 3.47. The van der Waals surface area contributed by atoms with Gasteiger partial charge in [0.15, 0.2) is 0 Å². The van der Waals surface area contributed by atoms with Gasteiger partial charge in [0.05, 0.1) is 26.1 Å². The van der Waals surface area contributed by atoms with Crippen LogP contribution in [0.5, 0.6) is 0 Å². The van der Waals surface area contributed by atoms with Crippen molar-refractivity contribution in [1.82, 2.24) is 0 Å². The smallest absolute Gasteiger partial charge is 0.314 e. The maximum Gasteiger partial charge on any atom is 0.314 e. The van der Waals surface area contributed by atoms with Gasteiger partial charge in [0, 0.05) is 0 Å². The van der Waals surface area contributed by atoms with Gasteiger partial charge < -0.3 is 9.47 Å². The predicted octanol–water partition coefficient (Wildman–Crippen LogP) is 0.135. The highest BCUT2D eigenvalue weighted by Crippen LogP contribution is 2.45. The van der Waals surface area contributed by atoms with Gasteiger partial charge in [0.1, 0.15) is 0 Å². The summed E-state index contributed by atoms with van der Waals surface area (Å²) in [7, 11) is 2.56. The lowest BCUT2D eigenvalue weighted by Crippen LogP contribution is -2.10. The van der Waals surface area contributed by atoms with Gasteiger partial charge in [-0.15, -0.1) is 0 Å². The van der Waals surface area contributed by atoms with Gasteiger partial charge in [0.25, 0.3) is 0 Å². The number of rotatable bonds is 2. The molecule has 0 aromatic rings. The Balaban J connectivity index is 2.59. The zero-order valence-electron chi connectivity index (χ0n) is 6.99. The van der Waals surface area contributed by atoms with Crippen LogP contribution in [0.15, 0.2) is 12.2 Å². The van der Waals surface area contributed by atoms with E-state index in [1.54, 1.807) is 0 Å². The van der Waals surface area contributed by atoms with E-state index in [2.05, 4.69) is 16.1 Å². The third-order valence-electron chi connectivity index (χ3n) is 1.93. The van der Waals surface area contributed by atoms with Crippen molar-refractivity contribution in [2.75, 3.05) is 14.2 Å². The van der Waals surface area contributed by atoms with E-state index in [1.807, 2.05) is 0 Å². The van der Waals surface area contributed by atoms with Crippen molar-refractivity contribution in [1.29, 1.82) is 0 Å². The highest BCUT2D eigenvalue weighted by Gasteiger charge is 2.54. The summed E-state index contributed by atoms with van der Waals surface area (Å²) in [6.07, 6.45) is 0. The Morgan fingerprint density at radius 2 is 1.50 bits per heavy atom. The van der Waals surface area contributed by atoms with E-state index >= 15 is 0 Å². The number of esters is 2. The van der Waals surface area contributed by atoms with Crippen molar-refractivity contribution in [2.45, 2.75) is 0 Å². The van der Waals surface area contributed by atoms with Crippen LogP contribution in [0.4, 0.5) is 0 Å². The van der Waals surface area contributed by atoms with Crippen molar-refractivity contribution in [3.8, 4) is 0 Å². The predicted molar refractivity (Wildman–Crippen MR) is 40.2 cm³/mol. The summed E-state index contributed by atoms with van der Waals surface area (Å²) >= 11 is 0. The van der Waals surface area contributed by atoms with Crippen LogP contribution < -0.4 is 0 Å². The van der Waals surface area contributed by atoms with Crippen molar-refractivity contribution in [3.63, 3.8) is 0 Å². The normalized spacial score (nSPS) is 26.3. The molecule has 0 aromatic carbocycles. The van der Waals surface area contributed by atoms with E-state index in [0.717, 1.165) is 0 Å². The molecule has 2 atom stereocenters. The molecule has 0 heterocycles. The van der Waals surface area contributed by atoms with E-state index in [0.29, 0.717) is 5.57 Å². The fourth-order valence-corrected chi connectivity index (χ4v) is 1.14. The maximum absolute atomic E-state index is 10.9. The zero-order chi connectivity index (χ0) is 9.30. The number of methoxy groups -OCH3 is 2. The average Bonchev–Trinajstić information content (AvgIpc) is 2.74. The van der Waals surface area contributed by atoms with E-state index in [4.69, 9.17) is 0 Å². The van der Waals surface area contributed by atoms with E-state index in [1.165, 1.54) is 14.2 Å². The van der Waals surface area contributed by atoms with Crippen LogP contribution in [0.2, 0.25) is 0 Å². The molecule has 1 fully saturated rings. The molecule has 0 amide bonds. The van der Waals surface area contributed by atoms with Crippen LogP contribution in [-0.4, -0.2) is 26.2 Å². The lowest BCUT2D eigenvalue weighted by molar-refractivity contribution is -0.148. The van der Waals surface area contributed by atoms with E-state index in [-0.39, 0.29) is 0 Å². The summed E-state index contributed by atoms with van der Waals surface area (Å²) in [6, 6.07) is 0. The fourth-order valence-electron chi connectivity index (χ4n) is 1.14. The molecular formula is C8H10O4. The number of carbonyl (C=O) groups is 2. The molecule has 1 aliphatic rings. The molecule has 66 valence electrons. The highest BCUT2D eigenvalue weighted by atomic mass is 16.5. The van der Waals surface area contributed by atoms with Gasteiger partial charge in [-0.1, -0.05) is 6.58 Å². The summed E-state index contributed by atoms with van der Waals surface area (Å²) in [6.45, 7) is 3.57. The molecule has 4 heteroatoms. The molecule has 0 spiro atoms. The summed E-state index contributed by atoms with van der Waals surface area (Å²) in [4.78, 5) is 21.8. The molecular weight excluding hydrogens is 160 g/mol. The second kappa shape index (κ2) is 2.97. The molecule has 1 rings (SSSR count). The van der Waals surface area contributed by atoms with Crippen LogP contribution >= 0.6 is 0 Å². The quantitative estimate of drug-likeness (QED) is 0.436. The Bertz CT molecular complexity index is 219. The number of hydrogen-bond donors (Lipinski definition) is 0. The molecule has 0 bridgehead atoms. The molecule has 0 unspecified atom stereocenters. The fraction of sp³-hybridized carbons (Fsp3) is 0.500. The second-order valence-electron chi connectivity index (χ2n) is 2.58. The summed E-state index contributed by atoms with van der Waals surface area (Å²) in [5, 5.41) is 0. The topological polar surface area (TPSA) is 52.6 Å². The standard InChI is InChI=1S/C8H10O4/c1-4-5(7(9)11-2)6(4)8(10)12-3/h5-6H,1H2,2-3H3/t5-,6-/m0/s1. The van der Waals surface area contributed by atoms with Gasteiger partial charge in [-0.05, 0) is 5.57 Å². The van der Waals surface area contributed by atoms with Crippen molar-refractivity contribution in [2.24, 2.45) is 11.8 Å². The van der Waals surface area contributed by atoms with Gasteiger partial charge in [0.2, 0.25) is 0 Å². The van der Waals surface area contributed by atoms with E-state index < -0.39 is 23.8 Å². The molecule has 0 saturated heterocycles. The molecule has 4 nitrogen and oxygen atoms in total. The number of ether oxygens (including phenoxy) is 2. The Hall–Kier alpha value is -1.32. The highest BCUT2D eigenvalue weighted by molar-refractivity contribution is 5.94. The van der Waals surface area contributed by atoms with Crippen LogP contribution in [-0.2, 0) is 19.1 Å². The third-order valence-corrected chi connectivity index (χ3v) is 1.93. The van der Waals surface area contributed by atoms with Gasteiger partial charge >= 0.3 is 11.9 Å². The lowest BCUT2D eigenvalue weighted by atomic mass is 10.3.